The molecule has 0 fully saturated rings. The van der Waals surface area contributed by atoms with Gasteiger partial charge < -0.3 is 24.1 Å². The van der Waals surface area contributed by atoms with Gasteiger partial charge in [0, 0.05) is 45.2 Å². The van der Waals surface area contributed by atoms with Gasteiger partial charge in [-0.25, -0.2) is 4.98 Å². The number of guanidine groups is 1. The van der Waals surface area contributed by atoms with E-state index in [0.29, 0.717) is 31.1 Å². The average Bonchev–Trinajstić information content (AvgIpc) is 3.43. The molecule has 30 heavy (non-hydrogen) atoms. The first-order valence-electron chi connectivity index (χ1n) is 9.22. The van der Waals surface area contributed by atoms with E-state index in [1.807, 2.05) is 42.3 Å². The van der Waals surface area contributed by atoms with Gasteiger partial charge in [-0.2, -0.15) is 5.10 Å². The van der Waals surface area contributed by atoms with Crippen LogP contribution in [-0.4, -0.2) is 60.9 Å². The maximum Gasteiger partial charge on any atom is 0.216 e. The number of aliphatic imine (C=N–C) groups is 1. The van der Waals surface area contributed by atoms with Crippen LogP contribution in [0.1, 0.15) is 11.4 Å². The van der Waals surface area contributed by atoms with Crippen molar-refractivity contribution in [1.29, 1.82) is 0 Å². The van der Waals surface area contributed by atoms with E-state index in [-0.39, 0.29) is 24.0 Å². The molecule has 2 aromatic heterocycles. The first-order chi connectivity index (χ1) is 14.1. The first-order valence-corrected chi connectivity index (χ1v) is 9.22. The van der Waals surface area contributed by atoms with Crippen molar-refractivity contribution >= 4 is 29.9 Å². The van der Waals surface area contributed by atoms with E-state index in [1.165, 1.54) is 0 Å². The number of hydrogen-bond donors (Lipinski definition) is 2. The summed E-state index contributed by atoms with van der Waals surface area (Å²) < 4.78 is 16.0. The van der Waals surface area contributed by atoms with Gasteiger partial charge in [-0.15, -0.1) is 24.0 Å². The van der Waals surface area contributed by atoms with Crippen molar-refractivity contribution in [1.82, 2.24) is 25.4 Å². The van der Waals surface area contributed by atoms with Crippen molar-refractivity contribution in [3.05, 3.63) is 48.0 Å². The molecule has 9 nitrogen and oxygen atoms in total. The highest BCUT2D eigenvalue weighted by Gasteiger charge is 2.12. The second-order valence-electron chi connectivity index (χ2n) is 6.34. The summed E-state index contributed by atoms with van der Waals surface area (Å²) in [5.41, 5.74) is 1.04. The van der Waals surface area contributed by atoms with E-state index in [1.54, 1.807) is 27.5 Å². The Balaban J connectivity index is 0.00000320. The molecule has 0 unspecified atom stereocenters. The van der Waals surface area contributed by atoms with Gasteiger partial charge in [-0.1, -0.05) is 0 Å². The van der Waals surface area contributed by atoms with Gasteiger partial charge in [0.25, 0.3) is 0 Å². The minimum Gasteiger partial charge on any atom is -0.497 e. The largest absolute Gasteiger partial charge is 0.497 e. The summed E-state index contributed by atoms with van der Waals surface area (Å²) in [7, 11) is 7.02. The van der Waals surface area contributed by atoms with Crippen LogP contribution in [0.3, 0.4) is 0 Å². The van der Waals surface area contributed by atoms with Crippen LogP contribution in [0.25, 0.3) is 11.6 Å². The molecule has 0 saturated carbocycles. The number of nitrogens with one attached hydrogen (secondary N) is 2. The molecule has 2 heterocycles. The summed E-state index contributed by atoms with van der Waals surface area (Å²) in [5, 5.41) is 10.5. The molecule has 0 spiro atoms. The SMILES string of the molecule is CN=C(NCCc1nc(-c2ccco2)n[nH]1)N(C)Cc1ccc(OC)cc1OC.I. The normalized spacial score (nSPS) is 11.0. The van der Waals surface area contributed by atoms with Crippen molar-refractivity contribution < 1.29 is 13.9 Å². The quantitative estimate of drug-likeness (QED) is 0.265. The summed E-state index contributed by atoms with van der Waals surface area (Å²) >= 11 is 0. The zero-order valence-electron chi connectivity index (χ0n) is 17.5. The van der Waals surface area contributed by atoms with Gasteiger partial charge in [-0.3, -0.25) is 10.1 Å². The highest BCUT2D eigenvalue weighted by Crippen LogP contribution is 2.25. The van der Waals surface area contributed by atoms with Crippen molar-refractivity contribution in [2.75, 3.05) is 34.9 Å². The Morgan fingerprint density at radius 3 is 2.77 bits per heavy atom. The van der Waals surface area contributed by atoms with Crippen LogP contribution >= 0.6 is 24.0 Å². The third-order valence-corrected chi connectivity index (χ3v) is 4.39. The van der Waals surface area contributed by atoms with Crippen LogP contribution in [-0.2, 0) is 13.0 Å². The Kier molecular flexibility index (Phi) is 8.96. The molecule has 162 valence electrons. The molecule has 2 N–H and O–H groups in total. The van der Waals surface area contributed by atoms with E-state index in [4.69, 9.17) is 13.9 Å². The average molecular weight is 526 g/mol. The Labute approximate surface area is 192 Å². The minimum atomic E-state index is 0. The zero-order chi connectivity index (χ0) is 20.6. The molecule has 0 aliphatic rings. The van der Waals surface area contributed by atoms with Gasteiger partial charge in [0.15, 0.2) is 11.7 Å². The smallest absolute Gasteiger partial charge is 0.216 e. The molecule has 0 saturated heterocycles. The Morgan fingerprint density at radius 1 is 1.27 bits per heavy atom. The molecule has 0 radical (unpaired) electrons. The Morgan fingerprint density at radius 2 is 2.10 bits per heavy atom. The highest BCUT2D eigenvalue weighted by molar-refractivity contribution is 14.0. The molecule has 0 aliphatic heterocycles. The van der Waals surface area contributed by atoms with Gasteiger partial charge in [-0.05, 0) is 24.3 Å². The molecular formula is C20H27IN6O3. The number of furan rings is 1. The number of benzene rings is 1. The molecule has 0 amide bonds. The third kappa shape index (κ3) is 5.88. The fourth-order valence-corrected chi connectivity index (χ4v) is 2.91. The third-order valence-electron chi connectivity index (χ3n) is 4.39. The highest BCUT2D eigenvalue weighted by atomic mass is 127. The maximum atomic E-state index is 5.48. The summed E-state index contributed by atoms with van der Waals surface area (Å²) in [6.45, 7) is 1.29. The van der Waals surface area contributed by atoms with Gasteiger partial charge in [0.2, 0.25) is 5.82 Å². The lowest BCUT2D eigenvalue weighted by atomic mass is 10.2. The summed E-state index contributed by atoms with van der Waals surface area (Å²) in [4.78, 5) is 10.8. The Bertz CT molecular complexity index is 942. The van der Waals surface area contributed by atoms with Crippen LogP contribution in [0.15, 0.2) is 46.0 Å². The van der Waals surface area contributed by atoms with Crippen LogP contribution in [0.2, 0.25) is 0 Å². The number of H-pyrrole nitrogens is 1. The number of rotatable bonds is 8. The van der Waals surface area contributed by atoms with Crippen molar-refractivity contribution in [3.8, 4) is 23.1 Å². The molecule has 10 heteroatoms. The van der Waals surface area contributed by atoms with Crippen molar-refractivity contribution in [2.24, 2.45) is 4.99 Å². The van der Waals surface area contributed by atoms with Crippen LogP contribution < -0.4 is 14.8 Å². The van der Waals surface area contributed by atoms with E-state index in [0.717, 1.165) is 28.8 Å². The second-order valence-corrected chi connectivity index (χ2v) is 6.34. The summed E-state index contributed by atoms with van der Waals surface area (Å²) in [6.07, 6.45) is 2.27. The van der Waals surface area contributed by atoms with Crippen molar-refractivity contribution in [2.45, 2.75) is 13.0 Å². The lowest BCUT2D eigenvalue weighted by Gasteiger charge is -2.23. The monoisotopic (exact) mass is 526 g/mol. The van der Waals surface area contributed by atoms with Gasteiger partial charge in [0.1, 0.15) is 17.3 Å². The molecule has 3 rings (SSSR count). The van der Waals surface area contributed by atoms with Crippen molar-refractivity contribution in [3.63, 3.8) is 0 Å². The topological polar surface area (TPSA) is 101 Å². The van der Waals surface area contributed by atoms with E-state index >= 15 is 0 Å². The van der Waals surface area contributed by atoms with E-state index < -0.39 is 0 Å². The molecule has 0 bridgehead atoms. The lowest BCUT2D eigenvalue weighted by molar-refractivity contribution is 0.382. The van der Waals surface area contributed by atoms with Gasteiger partial charge in [0.05, 0.1) is 20.5 Å². The predicted molar refractivity (Wildman–Crippen MR) is 126 cm³/mol. The maximum absolute atomic E-state index is 5.48. The number of nitrogens with zero attached hydrogens (tertiary/aromatic N) is 4. The number of aromatic nitrogens is 3. The summed E-state index contributed by atoms with van der Waals surface area (Å²) in [5.74, 6) is 4.28. The lowest BCUT2D eigenvalue weighted by Crippen LogP contribution is -2.39. The molecule has 0 atom stereocenters. The molecule has 0 aliphatic carbocycles. The van der Waals surface area contributed by atoms with Gasteiger partial charge >= 0.3 is 0 Å². The minimum absolute atomic E-state index is 0. The molecule has 3 aromatic rings. The number of aromatic amines is 1. The molecule has 1 aromatic carbocycles. The van der Waals surface area contributed by atoms with Crippen LogP contribution in [0.4, 0.5) is 0 Å². The number of hydrogen-bond acceptors (Lipinski definition) is 6. The first kappa shape index (κ1) is 23.5. The number of methoxy groups -OCH3 is 2. The number of halogens is 1. The Hall–Kier alpha value is -2.76. The number of ether oxygens (including phenoxy) is 2. The predicted octanol–water partition coefficient (Wildman–Crippen LogP) is 2.95. The summed E-state index contributed by atoms with van der Waals surface area (Å²) in [6, 6.07) is 9.43. The zero-order valence-corrected chi connectivity index (χ0v) is 19.8. The van der Waals surface area contributed by atoms with E-state index in [9.17, 15) is 0 Å². The fraction of sp³-hybridized carbons (Fsp3) is 0.350. The van der Waals surface area contributed by atoms with Crippen LogP contribution in [0, 0.1) is 0 Å². The fourth-order valence-electron chi connectivity index (χ4n) is 2.91. The van der Waals surface area contributed by atoms with Crippen LogP contribution in [0.5, 0.6) is 11.5 Å². The molecular weight excluding hydrogens is 499 g/mol. The standard InChI is InChI=1S/C20H26N6O3.HI/c1-21-20(26(2)13-14-7-8-15(27-3)12-17(14)28-4)22-10-9-18-23-19(25-24-18)16-6-5-11-29-16;/h5-8,11-12H,9-10,13H2,1-4H3,(H,21,22)(H,23,24,25);1H. The second kappa shape index (κ2) is 11.4. The van der Waals surface area contributed by atoms with E-state index in [2.05, 4.69) is 25.5 Å².